The average molecular weight is 299 g/mol. The van der Waals surface area contributed by atoms with E-state index in [1.165, 1.54) is 0 Å². The Labute approximate surface area is 122 Å². The van der Waals surface area contributed by atoms with Crippen molar-refractivity contribution in [3.63, 3.8) is 0 Å². The van der Waals surface area contributed by atoms with E-state index in [9.17, 15) is 13.2 Å². The van der Waals surface area contributed by atoms with Gasteiger partial charge in [-0.15, -0.1) is 0 Å². The molecule has 0 saturated carbocycles. The van der Waals surface area contributed by atoms with E-state index < -0.39 is 12.6 Å². The molecule has 0 saturated heterocycles. The van der Waals surface area contributed by atoms with E-state index in [4.69, 9.17) is 0 Å². The highest BCUT2D eigenvalue weighted by molar-refractivity contribution is 5.82. The fourth-order valence-electron chi connectivity index (χ4n) is 2.46. The first-order valence-corrected chi connectivity index (χ1v) is 7.14. The summed E-state index contributed by atoms with van der Waals surface area (Å²) in [7, 11) is 1.81. The summed E-state index contributed by atoms with van der Waals surface area (Å²) in [6.45, 7) is 2.66. The summed E-state index contributed by atoms with van der Waals surface area (Å²) < 4.78 is 39.3. The van der Waals surface area contributed by atoms with Crippen LogP contribution in [0.2, 0.25) is 0 Å². The third-order valence-electron chi connectivity index (χ3n) is 3.47. The lowest BCUT2D eigenvalue weighted by atomic mass is 10.0. The van der Waals surface area contributed by atoms with Crippen LogP contribution in [0.5, 0.6) is 0 Å². The molecular formula is C15H20F3N3. The maximum absolute atomic E-state index is 12.5. The second-order valence-corrected chi connectivity index (χ2v) is 5.19. The van der Waals surface area contributed by atoms with Gasteiger partial charge in [-0.25, -0.2) is 0 Å². The van der Waals surface area contributed by atoms with Crippen molar-refractivity contribution in [2.75, 3.05) is 6.54 Å². The third-order valence-corrected chi connectivity index (χ3v) is 3.47. The lowest BCUT2D eigenvalue weighted by Crippen LogP contribution is -2.24. The van der Waals surface area contributed by atoms with E-state index in [0.717, 1.165) is 17.3 Å². The molecule has 0 bridgehead atoms. The van der Waals surface area contributed by atoms with Gasteiger partial charge in [0.2, 0.25) is 0 Å². The molecule has 1 aromatic heterocycles. The van der Waals surface area contributed by atoms with Crippen LogP contribution < -0.4 is 5.32 Å². The van der Waals surface area contributed by atoms with E-state index in [1.807, 2.05) is 38.2 Å². The van der Waals surface area contributed by atoms with E-state index in [1.54, 1.807) is 4.68 Å². The Morgan fingerprint density at radius 3 is 2.67 bits per heavy atom. The smallest absolute Gasteiger partial charge is 0.309 e. The lowest BCUT2D eigenvalue weighted by molar-refractivity contribution is -0.136. The topological polar surface area (TPSA) is 29.9 Å². The quantitative estimate of drug-likeness (QED) is 0.875. The van der Waals surface area contributed by atoms with Crippen molar-refractivity contribution < 1.29 is 13.2 Å². The predicted octanol–water partition coefficient (Wildman–Crippen LogP) is 3.96. The normalized spacial score (nSPS) is 13.8. The number of halogens is 3. The summed E-state index contributed by atoms with van der Waals surface area (Å²) in [4.78, 5) is 0. The van der Waals surface area contributed by atoms with Crippen molar-refractivity contribution in [2.45, 2.75) is 38.4 Å². The molecular weight excluding hydrogens is 279 g/mol. The van der Waals surface area contributed by atoms with Gasteiger partial charge in [0, 0.05) is 18.9 Å². The Balaban J connectivity index is 2.29. The van der Waals surface area contributed by atoms with Crippen molar-refractivity contribution in [1.82, 2.24) is 15.1 Å². The minimum atomic E-state index is -4.14. The second-order valence-electron chi connectivity index (χ2n) is 5.19. The zero-order valence-electron chi connectivity index (χ0n) is 12.2. The Hall–Kier alpha value is -1.56. The molecule has 0 spiro atoms. The number of alkyl halides is 3. The first kappa shape index (κ1) is 15.8. The van der Waals surface area contributed by atoms with Crippen molar-refractivity contribution >= 4 is 10.9 Å². The molecule has 2 rings (SSSR count). The van der Waals surface area contributed by atoms with Gasteiger partial charge in [-0.3, -0.25) is 4.68 Å². The number of rotatable bonds is 6. The summed E-state index contributed by atoms with van der Waals surface area (Å²) in [5.41, 5.74) is 1.63. The first-order valence-electron chi connectivity index (χ1n) is 7.14. The molecule has 116 valence electrons. The van der Waals surface area contributed by atoms with Gasteiger partial charge in [0.1, 0.15) is 0 Å². The number of aromatic nitrogens is 2. The van der Waals surface area contributed by atoms with Gasteiger partial charge < -0.3 is 5.32 Å². The largest absolute Gasteiger partial charge is 0.389 e. The van der Waals surface area contributed by atoms with Crippen molar-refractivity contribution in [1.29, 1.82) is 0 Å². The standard InChI is InChI=1S/C15H20F3N3/c1-3-10-19-12(8-9-15(16,17)18)14-11-6-4-5-7-13(11)21(2)20-14/h4-7,12,19H,3,8-10H2,1-2H3. The molecule has 0 aliphatic carbocycles. The van der Waals surface area contributed by atoms with Crippen molar-refractivity contribution in [2.24, 2.45) is 7.05 Å². The van der Waals surface area contributed by atoms with Crippen LogP contribution in [-0.2, 0) is 7.05 Å². The van der Waals surface area contributed by atoms with Gasteiger partial charge in [-0.1, -0.05) is 25.1 Å². The van der Waals surface area contributed by atoms with Crippen LogP contribution >= 0.6 is 0 Å². The zero-order valence-corrected chi connectivity index (χ0v) is 12.2. The molecule has 1 heterocycles. The third kappa shape index (κ3) is 3.97. The second kappa shape index (κ2) is 6.47. The van der Waals surface area contributed by atoms with Crippen molar-refractivity contribution in [3.8, 4) is 0 Å². The van der Waals surface area contributed by atoms with Crippen LogP contribution in [0.1, 0.15) is 37.9 Å². The van der Waals surface area contributed by atoms with Gasteiger partial charge in [0.15, 0.2) is 0 Å². The number of nitrogens with zero attached hydrogens (tertiary/aromatic N) is 2. The molecule has 0 amide bonds. The van der Waals surface area contributed by atoms with Crippen molar-refractivity contribution in [3.05, 3.63) is 30.0 Å². The monoisotopic (exact) mass is 299 g/mol. The summed E-state index contributed by atoms with van der Waals surface area (Å²) in [5, 5.41) is 8.53. The Kier molecular flexibility index (Phi) is 4.88. The van der Waals surface area contributed by atoms with Gasteiger partial charge in [-0.05, 0) is 25.5 Å². The fourth-order valence-corrected chi connectivity index (χ4v) is 2.46. The molecule has 0 fully saturated rings. The molecule has 1 N–H and O–H groups in total. The molecule has 3 nitrogen and oxygen atoms in total. The van der Waals surface area contributed by atoms with Crippen LogP contribution in [0, 0.1) is 0 Å². The van der Waals surface area contributed by atoms with Crippen LogP contribution in [-0.4, -0.2) is 22.5 Å². The maximum Gasteiger partial charge on any atom is 0.389 e. The van der Waals surface area contributed by atoms with Gasteiger partial charge >= 0.3 is 6.18 Å². The molecule has 1 unspecified atom stereocenters. The molecule has 0 radical (unpaired) electrons. The Morgan fingerprint density at radius 2 is 2.00 bits per heavy atom. The summed E-state index contributed by atoms with van der Waals surface area (Å²) >= 11 is 0. The van der Waals surface area contributed by atoms with Gasteiger partial charge in [0.05, 0.1) is 17.3 Å². The van der Waals surface area contributed by atoms with E-state index in [0.29, 0.717) is 12.2 Å². The van der Waals surface area contributed by atoms with Crippen LogP contribution in [0.4, 0.5) is 13.2 Å². The molecule has 2 aromatic rings. The number of aryl methyl sites for hydroxylation is 1. The Bertz CT molecular complexity index is 589. The van der Waals surface area contributed by atoms with Crippen LogP contribution in [0.25, 0.3) is 10.9 Å². The maximum atomic E-state index is 12.5. The van der Waals surface area contributed by atoms with Crippen LogP contribution in [0.3, 0.4) is 0 Å². The average Bonchev–Trinajstić information content (AvgIpc) is 2.76. The number of para-hydroxylation sites is 1. The SMILES string of the molecule is CCCNC(CCC(F)(F)F)c1nn(C)c2ccccc12. The molecule has 0 aliphatic heterocycles. The zero-order chi connectivity index (χ0) is 15.5. The lowest BCUT2D eigenvalue weighted by Gasteiger charge is -2.18. The molecule has 1 aromatic carbocycles. The Morgan fingerprint density at radius 1 is 1.29 bits per heavy atom. The number of hydrogen-bond acceptors (Lipinski definition) is 2. The highest BCUT2D eigenvalue weighted by Crippen LogP contribution is 2.30. The summed E-state index contributed by atoms with van der Waals surface area (Å²) in [6.07, 6.45) is -4.08. The number of benzene rings is 1. The van der Waals surface area contributed by atoms with E-state index in [2.05, 4.69) is 10.4 Å². The minimum absolute atomic E-state index is 0.00447. The summed E-state index contributed by atoms with van der Waals surface area (Å²) in [6, 6.07) is 7.24. The fraction of sp³-hybridized carbons (Fsp3) is 0.533. The van der Waals surface area contributed by atoms with Gasteiger partial charge in [0.25, 0.3) is 0 Å². The molecule has 1 atom stereocenters. The molecule has 6 heteroatoms. The number of nitrogens with one attached hydrogen (secondary N) is 1. The van der Waals surface area contributed by atoms with E-state index >= 15 is 0 Å². The molecule has 0 aliphatic rings. The van der Waals surface area contributed by atoms with Gasteiger partial charge in [-0.2, -0.15) is 18.3 Å². The highest BCUT2D eigenvalue weighted by atomic mass is 19.4. The first-order chi connectivity index (χ1) is 9.92. The van der Waals surface area contributed by atoms with Crippen LogP contribution in [0.15, 0.2) is 24.3 Å². The minimum Gasteiger partial charge on any atom is -0.309 e. The molecule has 21 heavy (non-hydrogen) atoms. The summed E-state index contributed by atoms with van der Waals surface area (Å²) in [5.74, 6) is 0. The van der Waals surface area contributed by atoms with E-state index in [-0.39, 0.29) is 12.5 Å². The number of hydrogen-bond donors (Lipinski definition) is 1. The predicted molar refractivity (Wildman–Crippen MR) is 77.0 cm³/mol. The highest BCUT2D eigenvalue weighted by Gasteiger charge is 2.30. The number of fused-ring (bicyclic) bond motifs is 1.